The Bertz CT molecular complexity index is 1140. The minimum Gasteiger partial charge on any atom is -0.451 e. The monoisotopic (exact) mass is 412 g/mol. The van der Waals surface area contributed by atoms with Crippen molar-refractivity contribution in [1.82, 2.24) is 9.97 Å². The average Bonchev–Trinajstić information content (AvgIpc) is 2.73. The van der Waals surface area contributed by atoms with Crippen molar-refractivity contribution >= 4 is 28.2 Å². The third-order valence-corrected chi connectivity index (χ3v) is 4.36. The van der Waals surface area contributed by atoms with Crippen LogP contribution in [0, 0.1) is 10.1 Å². The number of aromatic amines is 1. The van der Waals surface area contributed by atoms with Gasteiger partial charge in [0.2, 0.25) is 0 Å². The highest BCUT2D eigenvalue weighted by Crippen LogP contribution is 2.25. The standard InChI is InChI=1S/C20H20N4O6/c1-12(18-22-17-6-4-3-5-14(17)19(25)23-18)30-20(26)15-11-13(24(27)28)7-8-16(15)21-9-10-29-2/h3-8,11-12,21H,9-10H2,1-2H3,(H,22,23,25)/t12-/m1/s1. The summed E-state index contributed by atoms with van der Waals surface area (Å²) in [5.74, 6) is -0.617. The molecule has 3 rings (SSSR count). The smallest absolute Gasteiger partial charge is 0.341 e. The maximum absolute atomic E-state index is 12.8. The minimum absolute atomic E-state index is 0.00436. The normalized spacial score (nSPS) is 11.8. The van der Waals surface area contributed by atoms with Crippen molar-refractivity contribution in [3.05, 3.63) is 74.3 Å². The molecule has 30 heavy (non-hydrogen) atoms. The maximum atomic E-state index is 12.8. The van der Waals surface area contributed by atoms with Crippen LogP contribution in [0.1, 0.15) is 29.2 Å². The molecule has 3 aromatic rings. The number of rotatable bonds is 8. The SMILES string of the molecule is COCCNc1ccc([N+](=O)[O-])cc1C(=O)O[C@H](C)c1nc2ccccc2c(=O)[nH]1. The lowest BCUT2D eigenvalue weighted by Gasteiger charge is -2.15. The van der Waals surface area contributed by atoms with E-state index < -0.39 is 17.0 Å². The van der Waals surface area contributed by atoms with Crippen LogP contribution in [0.25, 0.3) is 10.9 Å². The van der Waals surface area contributed by atoms with Crippen LogP contribution < -0.4 is 10.9 Å². The summed E-state index contributed by atoms with van der Waals surface area (Å²) in [6.07, 6.45) is -0.888. The molecule has 1 heterocycles. The van der Waals surface area contributed by atoms with E-state index in [4.69, 9.17) is 9.47 Å². The van der Waals surface area contributed by atoms with Gasteiger partial charge in [-0.05, 0) is 25.1 Å². The highest BCUT2D eigenvalue weighted by Gasteiger charge is 2.22. The second-order valence-electron chi connectivity index (χ2n) is 6.42. The zero-order chi connectivity index (χ0) is 21.7. The number of ether oxygens (including phenoxy) is 2. The van der Waals surface area contributed by atoms with E-state index in [9.17, 15) is 19.7 Å². The Hall–Kier alpha value is -3.79. The highest BCUT2D eigenvalue weighted by atomic mass is 16.6. The fraction of sp³-hybridized carbons (Fsp3) is 0.250. The number of nitro benzene ring substituents is 1. The number of esters is 1. The number of hydrogen-bond donors (Lipinski definition) is 2. The first-order valence-electron chi connectivity index (χ1n) is 9.12. The Balaban J connectivity index is 1.87. The molecule has 0 radical (unpaired) electrons. The number of nitrogens with zero attached hydrogens (tertiary/aromatic N) is 2. The number of carbonyl (C=O) groups excluding carboxylic acids is 1. The minimum atomic E-state index is -0.888. The molecular formula is C20H20N4O6. The summed E-state index contributed by atoms with van der Waals surface area (Å²) in [7, 11) is 1.53. The van der Waals surface area contributed by atoms with Crippen LogP contribution in [0.3, 0.4) is 0 Å². The molecular weight excluding hydrogens is 392 g/mol. The molecule has 2 aromatic carbocycles. The number of anilines is 1. The van der Waals surface area contributed by atoms with E-state index in [0.29, 0.717) is 29.7 Å². The predicted octanol–water partition coefficient (Wildman–Crippen LogP) is 2.81. The van der Waals surface area contributed by atoms with Crippen LogP contribution in [-0.2, 0) is 9.47 Å². The summed E-state index contributed by atoms with van der Waals surface area (Å²) in [4.78, 5) is 42.5. The van der Waals surface area contributed by atoms with Crippen LogP contribution in [-0.4, -0.2) is 41.1 Å². The summed E-state index contributed by atoms with van der Waals surface area (Å²) >= 11 is 0. The number of non-ortho nitro benzene ring substituents is 1. The number of nitrogens with one attached hydrogen (secondary N) is 2. The van der Waals surface area contributed by atoms with Gasteiger partial charge in [0, 0.05) is 31.5 Å². The fourth-order valence-corrected chi connectivity index (χ4v) is 2.83. The van der Waals surface area contributed by atoms with Crippen LogP contribution in [0.15, 0.2) is 47.3 Å². The van der Waals surface area contributed by atoms with E-state index in [2.05, 4.69) is 15.3 Å². The molecule has 0 saturated carbocycles. The zero-order valence-electron chi connectivity index (χ0n) is 16.4. The van der Waals surface area contributed by atoms with E-state index in [1.807, 2.05) is 0 Å². The van der Waals surface area contributed by atoms with Crippen molar-refractivity contribution in [2.24, 2.45) is 0 Å². The van der Waals surface area contributed by atoms with Gasteiger partial charge in [0.15, 0.2) is 11.9 Å². The summed E-state index contributed by atoms with van der Waals surface area (Å²) in [6, 6.07) is 10.7. The highest BCUT2D eigenvalue weighted by molar-refractivity contribution is 5.96. The molecule has 0 saturated heterocycles. The lowest BCUT2D eigenvalue weighted by Crippen LogP contribution is -2.18. The van der Waals surface area contributed by atoms with Gasteiger partial charge in [0.05, 0.1) is 28.0 Å². The lowest BCUT2D eigenvalue weighted by molar-refractivity contribution is -0.384. The largest absolute Gasteiger partial charge is 0.451 e. The van der Waals surface area contributed by atoms with Crippen molar-refractivity contribution in [2.75, 3.05) is 25.6 Å². The Kier molecular flexibility index (Phi) is 6.38. The fourth-order valence-electron chi connectivity index (χ4n) is 2.83. The van der Waals surface area contributed by atoms with Crippen LogP contribution in [0.2, 0.25) is 0 Å². The topological polar surface area (TPSA) is 136 Å². The molecule has 0 aliphatic carbocycles. The first kappa shape index (κ1) is 20.9. The van der Waals surface area contributed by atoms with Crippen molar-refractivity contribution in [1.29, 1.82) is 0 Å². The van der Waals surface area contributed by atoms with Gasteiger partial charge in [-0.2, -0.15) is 0 Å². The first-order chi connectivity index (χ1) is 14.4. The third kappa shape index (κ3) is 4.61. The molecule has 0 aliphatic rings. The molecule has 2 N–H and O–H groups in total. The Morgan fingerprint density at radius 2 is 2.07 bits per heavy atom. The number of H-pyrrole nitrogens is 1. The van der Waals surface area contributed by atoms with Gasteiger partial charge in [-0.3, -0.25) is 14.9 Å². The maximum Gasteiger partial charge on any atom is 0.341 e. The second-order valence-corrected chi connectivity index (χ2v) is 6.42. The quantitative estimate of drug-likeness (QED) is 0.249. The van der Waals surface area contributed by atoms with Crippen molar-refractivity contribution in [3.63, 3.8) is 0 Å². The molecule has 0 bridgehead atoms. The van der Waals surface area contributed by atoms with E-state index in [0.717, 1.165) is 6.07 Å². The van der Waals surface area contributed by atoms with E-state index >= 15 is 0 Å². The van der Waals surface area contributed by atoms with Gasteiger partial charge in [-0.15, -0.1) is 0 Å². The van der Waals surface area contributed by atoms with Crippen LogP contribution >= 0.6 is 0 Å². The number of para-hydroxylation sites is 1. The summed E-state index contributed by atoms with van der Waals surface area (Å²) in [6.45, 7) is 2.33. The van der Waals surface area contributed by atoms with Gasteiger partial charge >= 0.3 is 5.97 Å². The molecule has 156 valence electrons. The number of benzene rings is 2. The molecule has 10 heteroatoms. The number of hydrogen-bond acceptors (Lipinski definition) is 8. The van der Waals surface area contributed by atoms with Crippen LogP contribution in [0.5, 0.6) is 0 Å². The zero-order valence-corrected chi connectivity index (χ0v) is 16.4. The average molecular weight is 412 g/mol. The predicted molar refractivity (Wildman–Crippen MR) is 110 cm³/mol. The summed E-state index contributed by atoms with van der Waals surface area (Å²) < 4.78 is 10.4. The molecule has 0 fully saturated rings. The van der Waals surface area contributed by atoms with Gasteiger partial charge < -0.3 is 19.8 Å². The summed E-state index contributed by atoms with van der Waals surface area (Å²) in [5.41, 5.74) is 0.237. The second kappa shape index (κ2) is 9.14. The number of nitro groups is 1. The first-order valence-corrected chi connectivity index (χ1v) is 9.12. The van der Waals surface area contributed by atoms with Crippen molar-refractivity contribution in [3.8, 4) is 0 Å². The lowest BCUT2D eigenvalue weighted by atomic mass is 10.1. The van der Waals surface area contributed by atoms with Crippen LogP contribution in [0.4, 0.5) is 11.4 Å². The molecule has 1 atom stereocenters. The molecule has 0 unspecified atom stereocenters. The van der Waals surface area contributed by atoms with E-state index in [1.54, 1.807) is 31.2 Å². The Morgan fingerprint density at radius 1 is 1.30 bits per heavy atom. The van der Waals surface area contributed by atoms with E-state index in [-0.39, 0.29) is 22.6 Å². The number of carbonyl (C=O) groups is 1. The molecule has 1 aromatic heterocycles. The van der Waals surface area contributed by atoms with Gasteiger partial charge in [-0.1, -0.05) is 12.1 Å². The third-order valence-electron chi connectivity index (χ3n) is 4.36. The molecule has 0 spiro atoms. The molecule has 0 aliphatic heterocycles. The van der Waals surface area contributed by atoms with Crippen molar-refractivity contribution in [2.45, 2.75) is 13.0 Å². The molecule has 10 nitrogen and oxygen atoms in total. The number of fused-ring (bicyclic) bond motifs is 1. The van der Waals surface area contributed by atoms with E-state index in [1.165, 1.54) is 19.2 Å². The Morgan fingerprint density at radius 3 is 2.80 bits per heavy atom. The van der Waals surface area contributed by atoms with Crippen molar-refractivity contribution < 1.29 is 19.2 Å². The number of aromatic nitrogens is 2. The van der Waals surface area contributed by atoms with Gasteiger partial charge in [-0.25, -0.2) is 9.78 Å². The van der Waals surface area contributed by atoms with Gasteiger partial charge in [0.1, 0.15) is 0 Å². The van der Waals surface area contributed by atoms with Gasteiger partial charge in [0.25, 0.3) is 11.2 Å². The summed E-state index contributed by atoms with van der Waals surface area (Å²) in [5, 5.41) is 14.5. The molecule has 0 amide bonds. The number of methoxy groups -OCH3 is 1. The Labute approximate surface area is 171 Å².